The molecule has 0 fully saturated rings. The number of nitrogens with one attached hydrogen (secondary N) is 1. The molecule has 0 bridgehead atoms. The van der Waals surface area contributed by atoms with Crippen LogP contribution in [-0.4, -0.2) is 11.5 Å². The molecule has 0 radical (unpaired) electrons. The molecule has 0 saturated heterocycles. The van der Waals surface area contributed by atoms with Gasteiger partial charge in [-0.2, -0.15) is 0 Å². The summed E-state index contributed by atoms with van der Waals surface area (Å²) in [7, 11) is 0. The summed E-state index contributed by atoms with van der Waals surface area (Å²) in [5.74, 6) is 0. The molecule has 0 saturated carbocycles. The Morgan fingerprint density at radius 2 is 1.67 bits per heavy atom. The van der Waals surface area contributed by atoms with Crippen molar-refractivity contribution in [3.8, 4) is 0 Å². The number of hydrogen-bond donors (Lipinski definition) is 1. The van der Waals surface area contributed by atoms with Crippen molar-refractivity contribution < 1.29 is 0 Å². The van der Waals surface area contributed by atoms with Crippen molar-refractivity contribution in [2.75, 3.05) is 11.9 Å². The molecule has 1 N–H and O–H groups in total. The quantitative estimate of drug-likeness (QED) is 0.817. The Morgan fingerprint density at radius 3 is 2.40 bits per heavy atom. The second-order valence-corrected chi connectivity index (χ2v) is 3.40. The van der Waals surface area contributed by atoms with E-state index in [2.05, 4.69) is 22.4 Å². The molecule has 1 heterocycles. The Hall–Kier alpha value is -1.83. The maximum absolute atomic E-state index is 3.99. The van der Waals surface area contributed by atoms with Crippen molar-refractivity contribution in [1.29, 1.82) is 0 Å². The van der Waals surface area contributed by atoms with Crippen LogP contribution < -0.4 is 5.32 Å². The number of nitrogens with zero attached hydrogens (tertiary/aromatic N) is 1. The third kappa shape index (κ3) is 3.09. The molecule has 0 spiro atoms. The van der Waals surface area contributed by atoms with Crippen molar-refractivity contribution in [2.45, 2.75) is 6.42 Å². The van der Waals surface area contributed by atoms with E-state index in [1.807, 2.05) is 42.7 Å². The molecule has 15 heavy (non-hydrogen) atoms. The molecule has 0 aliphatic rings. The smallest absolute Gasteiger partial charge is 0.0340 e. The molecule has 0 aliphatic heterocycles. The fourth-order valence-electron chi connectivity index (χ4n) is 1.46. The molecule has 1 aromatic carbocycles. The van der Waals surface area contributed by atoms with Crippen LogP contribution in [0.4, 0.5) is 5.69 Å². The largest absolute Gasteiger partial charge is 0.385 e. The monoisotopic (exact) mass is 198 g/mol. The minimum atomic E-state index is 0.952. The maximum Gasteiger partial charge on any atom is 0.0340 e. The van der Waals surface area contributed by atoms with Crippen molar-refractivity contribution in [3.05, 3.63) is 60.4 Å². The maximum atomic E-state index is 3.99. The average Bonchev–Trinajstić information content (AvgIpc) is 2.32. The molecule has 2 rings (SSSR count). The van der Waals surface area contributed by atoms with Gasteiger partial charge >= 0.3 is 0 Å². The summed E-state index contributed by atoms with van der Waals surface area (Å²) in [4.78, 5) is 3.99. The molecule has 1 aromatic heterocycles. The number of hydrogen-bond acceptors (Lipinski definition) is 2. The molecule has 0 atom stereocenters. The van der Waals surface area contributed by atoms with E-state index in [9.17, 15) is 0 Å². The molecule has 2 heteroatoms. The number of aromatic nitrogens is 1. The lowest BCUT2D eigenvalue weighted by atomic mass is 10.2. The summed E-state index contributed by atoms with van der Waals surface area (Å²) in [6.45, 7) is 0.952. The van der Waals surface area contributed by atoms with Gasteiger partial charge < -0.3 is 5.32 Å². The second-order valence-electron chi connectivity index (χ2n) is 3.40. The number of anilines is 1. The van der Waals surface area contributed by atoms with Gasteiger partial charge in [0.25, 0.3) is 0 Å². The van der Waals surface area contributed by atoms with Gasteiger partial charge in [0.2, 0.25) is 0 Å². The molecule has 76 valence electrons. The third-order valence-electron chi connectivity index (χ3n) is 2.27. The first-order valence-corrected chi connectivity index (χ1v) is 5.13. The Kier molecular flexibility index (Phi) is 3.34. The minimum absolute atomic E-state index is 0.952. The first kappa shape index (κ1) is 9.71. The van der Waals surface area contributed by atoms with Gasteiger partial charge in [-0.25, -0.2) is 0 Å². The number of rotatable bonds is 4. The first-order chi connectivity index (χ1) is 7.45. The topological polar surface area (TPSA) is 24.9 Å². The summed E-state index contributed by atoms with van der Waals surface area (Å²) in [6, 6.07) is 14.3. The highest BCUT2D eigenvalue weighted by Gasteiger charge is 1.92. The molecular formula is C13H14N2. The van der Waals surface area contributed by atoms with Crippen molar-refractivity contribution in [1.82, 2.24) is 4.98 Å². The zero-order chi connectivity index (χ0) is 10.3. The van der Waals surface area contributed by atoms with E-state index in [1.54, 1.807) is 0 Å². The second kappa shape index (κ2) is 5.15. The summed E-state index contributed by atoms with van der Waals surface area (Å²) in [5.41, 5.74) is 2.49. The van der Waals surface area contributed by atoms with Crippen molar-refractivity contribution >= 4 is 5.69 Å². The van der Waals surface area contributed by atoms with Gasteiger partial charge in [-0.1, -0.05) is 18.2 Å². The van der Waals surface area contributed by atoms with Gasteiger partial charge in [0, 0.05) is 24.6 Å². The van der Waals surface area contributed by atoms with Gasteiger partial charge in [-0.15, -0.1) is 0 Å². The van der Waals surface area contributed by atoms with Crippen LogP contribution >= 0.6 is 0 Å². The predicted octanol–water partition coefficient (Wildman–Crippen LogP) is 2.74. The van der Waals surface area contributed by atoms with Gasteiger partial charge in [-0.05, 0) is 36.2 Å². The van der Waals surface area contributed by atoms with Gasteiger partial charge in [0.1, 0.15) is 0 Å². The van der Waals surface area contributed by atoms with Gasteiger partial charge in [0.15, 0.2) is 0 Å². The molecule has 2 aromatic rings. The van der Waals surface area contributed by atoms with Crippen LogP contribution in [0.3, 0.4) is 0 Å². The van der Waals surface area contributed by atoms with Crippen LogP contribution in [0.2, 0.25) is 0 Å². The van der Waals surface area contributed by atoms with E-state index in [1.165, 1.54) is 11.3 Å². The van der Waals surface area contributed by atoms with Crippen LogP contribution in [0, 0.1) is 0 Å². The van der Waals surface area contributed by atoms with Crippen LogP contribution in [0.15, 0.2) is 54.9 Å². The van der Waals surface area contributed by atoms with E-state index in [0.717, 1.165) is 13.0 Å². The Labute approximate surface area is 90.0 Å². The predicted molar refractivity (Wildman–Crippen MR) is 62.9 cm³/mol. The van der Waals surface area contributed by atoms with Crippen LogP contribution in [-0.2, 0) is 6.42 Å². The fourth-order valence-corrected chi connectivity index (χ4v) is 1.46. The normalized spacial score (nSPS) is 9.87. The van der Waals surface area contributed by atoms with Gasteiger partial charge in [0.05, 0.1) is 0 Å². The average molecular weight is 198 g/mol. The van der Waals surface area contributed by atoms with E-state index in [0.29, 0.717) is 0 Å². The van der Waals surface area contributed by atoms with Gasteiger partial charge in [-0.3, -0.25) is 4.98 Å². The standard InChI is InChI=1S/C13H14N2/c1-2-4-13(5-3-1)15-11-8-12-6-9-14-10-7-12/h1-7,9-10,15H,8,11H2. The Morgan fingerprint density at radius 1 is 0.933 bits per heavy atom. The minimum Gasteiger partial charge on any atom is -0.385 e. The third-order valence-corrected chi connectivity index (χ3v) is 2.27. The highest BCUT2D eigenvalue weighted by molar-refractivity contribution is 5.42. The number of benzene rings is 1. The van der Waals surface area contributed by atoms with Crippen molar-refractivity contribution in [2.24, 2.45) is 0 Å². The lowest BCUT2D eigenvalue weighted by molar-refractivity contribution is 1.01. The number of pyridine rings is 1. The Bertz CT molecular complexity index is 344. The van der Waals surface area contributed by atoms with Crippen LogP contribution in [0.5, 0.6) is 0 Å². The molecule has 0 aliphatic carbocycles. The number of para-hydroxylation sites is 1. The molecule has 0 unspecified atom stereocenters. The van der Waals surface area contributed by atoms with E-state index >= 15 is 0 Å². The highest BCUT2D eigenvalue weighted by Crippen LogP contribution is 2.05. The van der Waals surface area contributed by atoms with E-state index in [-0.39, 0.29) is 0 Å². The highest BCUT2D eigenvalue weighted by atomic mass is 14.9. The van der Waals surface area contributed by atoms with Crippen LogP contribution in [0.25, 0.3) is 0 Å². The zero-order valence-corrected chi connectivity index (χ0v) is 8.56. The van der Waals surface area contributed by atoms with E-state index in [4.69, 9.17) is 0 Å². The molecule has 0 amide bonds. The first-order valence-electron chi connectivity index (χ1n) is 5.13. The fraction of sp³-hybridized carbons (Fsp3) is 0.154. The van der Waals surface area contributed by atoms with Crippen LogP contribution in [0.1, 0.15) is 5.56 Å². The zero-order valence-electron chi connectivity index (χ0n) is 8.56. The molecular weight excluding hydrogens is 184 g/mol. The summed E-state index contributed by atoms with van der Waals surface area (Å²) in [6.07, 6.45) is 4.69. The summed E-state index contributed by atoms with van der Waals surface area (Å²) in [5, 5.41) is 3.37. The SMILES string of the molecule is c1ccc(NCCc2ccncc2)cc1. The lowest BCUT2D eigenvalue weighted by Gasteiger charge is -2.05. The van der Waals surface area contributed by atoms with E-state index < -0.39 is 0 Å². The van der Waals surface area contributed by atoms with Crippen molar-refractivity contribution in [3.63, 3.8) is 0 Å². The molecule has 2 nitrogen and oxygen atoms in total. The Balaban J connectivity index is 1.81. The summed E-state index contributed by atoms with van der Waals surface area (Å²) < 4.78 is 0. The summed E-state index contributed by atoms with van der Waals surface area (Å²) >= 11 is 0. The lowest BCUT2D eigenvalue weighted by Crippen LogP contribution is -2.04.